The second-order valence-corrected chi connectivity index (χ2v) is 8.65. The third-order valence-corrected chi connectivity index (χ3v) is 6.44. The number of aromatic hydroxyl groups is 1. The summed E-state index contributed by atoms with van der Waals surface area (Å²) in [5.74, 6) is -0.214. The largest absolute Gasteiger partial charge is 0.508 e. The zero-order valence-corrected chi connectivity index (χ0v) is 17.4. The van der Waals surface area contributed by atoms with Gasteiger partial charge < -0.3 is 24.1 Å². The van der Waals surface area contributed by atoms with Crippen LogP contribution in [0.2, 0.25) is 0 Å². The molecule has 0 amide bonds. The van der Waals surface area contributed by atoms with Crippen LogP contribution < -0.4 is 4.74 Å². The molecule has 3 aliphatic rings. The molecule has 3 aliphatic heterocycles. The molecule has 168 valence electrons. The SMILES string of the molecule is C.COc1cc(O)cc2c1C(=O)OC2CCCCCC1CCCC2(CCC(C)O2)O1. The zero-order chi connectivity index (χ0) is 20.4. The first-order valence-electron chi connectivity index (χ1n) is 11.0. The van der Waals surface area contributed by atoms with Crippen LogP contribution in [0.3, 0.4) is 0 Å². The minimum absolute atomic E-state index is 0. The molecule has 2 fully saturated rings. The Morgan fingerprint density at radius 3 is 2.67 bits per heavy atom. The van der Waals surface area contributed by atoms with Crippen molar-refractivity contribution in [3.8, 4) is 11.5 Å². The van der Waals surface area contributed by atoms with Crippen molar-refractivity contribution in [1.82, 2.24) is 0 Å². The third-order valence-electron chi connectivity index (χ3n) is 6.44. The van der Waals surface area contributed by atoms with Gasteiger partial charge in [-0.2, -0.15) is 0 Å². The zero-order valence-electron chi connectivity index (χ0n) is 17.4. The van der Waals surface area contributed by atoms with E-state index >= 15 is 0 Å². The molecule has 1 spiro atoms. The fraction of sp³-hybridized carbons (Fsp3) is 0.708. The Morgan fingerprint density at radius 2 is 1.93 bits per heavy atom. The number of methoxy groups -OCH3 is 1. The molecule has 0 bridgehead atoms. The lowest BCUT2D eigenvalue weighted by atomic mass is 9.95. The number of carbonyl (C=O) groups excluding carboxylic acids is 1. The number of benzene rings is 1. The Kier molecular flexibility index (Phi) is 7.30. The van der Waals surface area contributed by atoms with Gasteiger partial charge in [0, 0.05) is 24.5 Å². The van der Waals surface area contributed by atoms with E-state index in [1.165, 1.54) is 19.6 Å². The molecule has 0 saturated carbocycles. The molecule has 30 heavy (non-hydrogen) atoms. The second kappa shape index (κ2) is 9.56. The fourth-order valence-electron chi connectivity index (χ4n) is 5.00. The van der Waals surface area contributed by atoms with E-state index in [1.807, 2.05) is 0 Å². The lowest BCUT2D eigenvalue weighted by Crippen LogP contribution is -2.40. The van der Waals surface area contributed by atoms with E-state index in [9.17, 15) is 9.90 Å². The molecule has 4 atom stereocenters. The van der Waals surface area contributed by atoms with Crippen molar-refractivity contribution in [2.24, 2.45) is 0 Å². The first-order chi connectivity index (χ1) is 14.0. The first kappa shape index (κ1) is 22.9. The number of ether oxygens (including phenoxy) is 4. The topological polar surface area (TPSA) is 74.2 Å². The Hall–Kier alpha value is -1.79. The Labute approximate surface area is 179 Å². The number of fused-ring (bicyclic) bond motifs is 1. The maximum Gasteiger partial charge on any atom is 0.342 e. The number of cyclic esters (lactones) is 1. The summed E-state index contributed by atoms with van der Waals surface area (Å²) in [6.45, 7) is 2.13. The third kappa shape index (κ3) is 4.75. The van der Waals surface area contributed by atoms with Crippen LogP contribution in [0, 0.1) is 0 Å². The Bertz CT molecular complexity index is 743. The molecule has 6 nitrogen and oxygen atoms in total. The average molecular weight is 421 g/mol. The molecule has 4 unspecified atom stereocenters. The van der Waals surface area contributed by atoms with Crippen LogP contribution in [-0.4, -0.2) is 36.2 Å². The summed E-state index contributed by atoms with van der Waals surface area (Å²) in [5, 5.41) is 9.90. The lowest BCUT2D eigenvalue weighted by Gasteiger charge is -2.38. The van der Waals surface area contributed by atoms with Crippen LogP contribution >= 0.6 is 0 Å². The van der Waals surface area contributed by atoms with Crippen molar-refractivity contribution in [2.45, 2.75) is 103 Å². The molecule has 3 heterocycles. The summed E-state index contributed by atoms with van der Waals surface area (Å²) < 4.78 is 23.2. The van der Waals surface area contributed by atoms with Gasteiger partial charge in [-0.1, -0.05) is 20.3 Å². The molecule has 0 aromatic heterocycles. The highest BCUT2D eigenvalue weighted by Gasteiger charge is 2.43. The van der Waals surface area contributed by atoms with Crippen LogP contribution in [0.1, 0.15) is 101 Å². The number of esters is 1. The summed E-state index contributed by atoms with van der Waals surface area (Å²) in [4.78, 5) is 12.2. The number of carbonyl (C=O) groups is 1. The smallest absolute Gasteiger partial charge is 0.342 e. The van der Waals surface area contributed by atoms with Crippen molar-refractivity contribution in [3.05, 3.63) is 23.3 Å². The molecule has 0 radical (unpaired) electrons. The van der Waals surface area contributed by atoms with Gasteiger partial charge >= 0.3 is 5.97 Å². The van der Waals surface area contributed by atoms with Crippen molar-refractivity contribution in [1.29, 1.82) is 0 Å². The van der Waals surface area contributed by atoms with Crippen LogP contribution in [0.15, 0.2) is 12.1 Å². The van der Waals surface area contributed by atoms with E-state index in [-0.39, 0.29) is 31.0 Å². The number of unbranched alkanes of at least 4 members (excludes halogenated alkanes) is 2. The molecule has 6 heteroatoms. The average Bonchev–Trinajstić information content (AvgIpc) is 3.20. The van der Waals surface area contributed by atoms with Crippen molar-refractivity contribution in [3.63, 3.8) is 0 Å². The molecular weight excluding hydrogens is 384 g/mol. The number of hydrogen-bond acceptors (Lipinski definition) is 6. The Morgan fingerprint density at radius 1 is 1.13 bits per heavy atom. The van der Waals surface area contributed by atoms with Gasteiger partial charge in [-0.3, -0.25) is 0 Å². The minimum Gasteiger partial charge on any atom is -0.508 e. The van der Waals surface area contributed by atoms with Crippen molar-refractivity contribution in [2.75, 3.05) is 7.11 Å². The van der Waals surface area contributed by atoms with Crippen molar-refractivity contribution < 1.29 is 28.8 Å². The summed E-state index contributed by atoms with van der Waals surface area (Å²) in [7, 11) is 1.49. The minimum atomic E-state index is -0.367. The number of rotatable bonds is 7. The maximum absolute atomic E-state index is 12.2. The predicted molar refractivity (Wildman–Crippen MR) is 114 cm³/mol. The summed E-state index contributed by atoms with van der Waals surface area (Å²) >= 11 is 0. The van der Waals surface area contributed by atoms with Gasteiger partial charge in [0.15, 0.2) is 5.79 Å². The maximum atomic E-state index is 12.2. The van der Waals surface area contributed by atoms with Gasteiger partial charge in [0.2, 0.25) is 0 Å². The monoisotopic (exact) mass is 420 g/mol. The van der Waals surface area contributed by atoms with Crippen LogP contribution in [0.5, 0.6) is 11.5 Å². The van der Waals surface area contributed by atoms with E-state index in [1.54, 1.807) is 6.07 Å². The number of phenols is 1. The van der Waals surface area contributed by atoms with Crippen LogP contribution in [0.4, 0.5) is 0 Å². The van der Waals surface area contributed by atoms with Gasteiger partial charge in [-0.25, -0.2) is 4.79 Å². The fourth-order valence-corrected chi connectivity index (χ4v) is 5.00. The molecule has 0 aliphatic carbocycles. The van der Waals surface area contributed by atoms with E-state index in [4.69, 9.17) is 18.9 Å². The van der Waals surface area contributed by atoms with E-state index in [2.05, 4.69) is 6.92 Å². The molecule has 1 aromatic rings. The summed E-state index contributed by atoms with van der Waals surface area (Å²) in [6.07, 6.45) is 10.6. The van der Waals surface area contributed by atoms with Crippen LogP contribution in [0.25, 0.3) is 0 Å². The standard InChI is InChI=1S/C23H32O6.CH4/c1-15-10-12-23(28-15)11-6-8-17(29-23)7-4-3-5-9-19-18-13-16(24)14-20(26-2)21(18)22(25)27-19;/h13-15,17,19,24H,3-12H2,1-2H3;1H4. The quantitative estimate of drug-likeness (QED) is 0.453. The van der Waals surface area contributed by atoms with E-state index in [0.717, 1.165) is 63.4 Å². The van der Waals surface area contributed by atoms with Gasteiger partial charge in [-0.05, 0) is 51.5 Å². The predicted octanol–water partition coefficient (Wildman–Crippen LogP) is 5.66. The molecule has 2 saturated heterocycles. The van der Waals surface area contributed by atoms with E-state index in [0.29, 0.717) is 23.5 Å². The van der Waals surface area contributed by atoms with E-state index < -0.39 is 0 Å². The number of hydrogen-bond donors (Lipinski definition) is 1. The highest BCUT2D eigenvalue weighted by Crippen LogP contribution is 2.43. The van der Waals surface area contributed by atoms with Gasteiger partial charge in [0.05, 0.1) is 19.3 Å². The molecule has 4 rings (SSSR count). The normalized spacial score (nSPS) is 30.1. The van der Waals surface area contributed by atoms with Crippen molar-refractivity contribution >= 4 is 5.97 Å². The van der Waals surface area contributed by atoms with Gasteiger partial charge in [0.25, 0.3) is 0 Å². The molecule has 1 N–H and O–H groups in total. The molecular formula is C24H36O6. The summed E-state index contributed by atoms with van der Waals surface area (Å²) in [6, 6.07) is 3.07. The Balaban J connectivity index is 0.00000256. The summed E-state index contributed by atoms with van der Waals surface area (Å²) in [5.41, 5.74) is 1.18. The lowest BCUT2D eigenvalue weighted by molar-refractivity contribution is -0.269. The highest BCUT2D eigenvalue weighted by molar-refractivity contribution is 5.97. The highest BCUT2D eigenvalue weighted by atomic mass is 16.7. The molecule has 1 aromatic carbocycles. The van der Waals surface area contributed by atoms with Gasteiger partial charge in [-0.15, -0.1) is 0 Å². The first-order valence-corrected chi connectivity index (χ1v) is 11.0. The number of phenolic OH excluding ortho intramolecular Hbond substituents is 1. The van der Waals surface area contributed by atoms with Gasteiger partial charge in [0.1, 0.15) is 23.2 Å². The second-order valence-electron chi connectivity index (χ2n) is 8.65. The van der Waals surface area contributed by atoms with Crippen LogP contribution in [-0.2, 0) is 14.2 Å².